The van der Waals surface area contributed by atoms with E-state index in [4.69, 9.17) is 4.74 Å². The van der Waals surface area contributed by atoms with Gasteiger partial charge in [0, 0.05) is 13.0 Å². The van der Waals surface area contributed by atoms with E-state index < -0.39 is 36.1 Å². The predicted octanol–water partition coefficient (Wildman–Crippen LogP) is 0.275. The number of aliphatic hydroxyl groups excluding tert-OH is 1. The van der Waals surface area contributed by atoms with Gasteiger partial charge in [0.2, 0.25) is 5.91 Å². The topological polar surface area (TPSA) is 140 Å². The summed E-state index contributed by atoms with van der Waals surface area (Å²) in [6.07, 6.45) is -2.40. The van der Waals surface area contributed by atoms with E-state index in [0.29, 0.717) is 0 Å². The molecule has 10 nitrogen and oxygen atoms in total. The average Bonchev–Trinajstić information content (AvgIpc) is 2.73. The van der Waals surface area contributed by atoms with E-state index in [9.17, 15) is 24.3 Å². The van der Waals surface area contributed by atoms with Gasteiger partial charge in [0.05, 0.1) is 26.7 Å². The SMILES string of the molecule is COC(=O)CC[C@@H](NC(=O)C[C@@H](O)CNC(=O)OCc1ccccc1)C(=O)OC. The lowest BCUT2D eigenvalue weighted by molar-refractivity contribution is -0.146. The smallest absolute Gasteiger partial charge is 0.407 e. The van der Waals surface area contributed by atoms with Crippen molar-refractivity contribution in [3.8, 4) is 0 Å². The van der Waals surface area contributed by atoms with Crippen LogP contribution in [0.25, 0.3) is 0 Å². The van der Waals surface area contributed by atoms with E-state index in [2.05, 4.69) is 20.1 Å². The Kier molecular flexibility index (Phi) is 10.8. The summed E-state index contributed by atoms with van der Waals surface area (Å²) >= 11 is 0. The lowest BCUT2D eigenvalue weighted by Gasteiger charge is -2.17. The summed E-state index contributed by atoms with van der Waals surface area (Å²) < 4.78 is 14.1. The maximum absolute atomic E-state index is 12.0. The van der Waals surface area contributed by atoms with Crippen molar-refractivity contribution in [2.24, 2.45) is 0 Å². The molecule has 0 aliphatic heterocycles. The van der Waals surface area contributed by atoms with Crippen LogP contribution >= 0.6 is 0 Å². The second-order valence-corrected chi connectivity index (χ2v) is 6.06. The first-order valence-electron chi connectivity index (χ1n) is 8.92. The number of amides is 2. The molecule has 1 aromatic carbocycles. The van der Waals surface area contributed by atoms with Crippen LogP contribution in [-0.4, -0.2) is 62.0 Å². The number of hydrogen-bond acceptors (Lipinski definition) is 8. The summed E-state index contributed by atoms with van der Waals surface area (Å²) in [5.74, 6) is -1.90. The van der Waals surface area contributed by atoms with Crippen molar-refractivity contribution in [1.29, 1.82) is 0 Å². The third kappa shape index (κ3) is 10.1. The van der Waals surface area contributed by atoms with Gasteiger partial charge in [-0.25, -0.2) is 9.59 Å². The van der Waals surface area contributed by atoms with Crippen LogP contribution in [0.3, 0.4) is 0 Å². The van der Waals surface area contributed by atoms with Crippen molar-refractivity contribution >= 4 is 23.9 Å². The predicted molar refractivity (Wildman–Crippen MR) is 100 cm³/mol. The van der Waals surface area contributed by atoms with Gasteiger partial charge < -0.3 is 30.0 Å². The van der Waals surface area contributed by atoms with E-state index in [0.717, 1.165) is 12.7 Å². The Morgan fingerprint density at radius 3 is 2.38 bits per heavy atom. The highest BCUT2D eigenvalue weighted by atomic mass is 16.5. The molecule has 0 saturated carbocycles. The fraction of sp³-hybridized carbons (Fsp3) is 0.474. The highest BCUT2D eigenvalue weighted by Gasteiger charge is 2.24. The van der Waals surface area contributed by atoms with Crippen LogP contribution in [0.2, 0.25) is 0 Å². The molecule has 0 heterocycles. The van der Waals surface area contributed by atoms with Gasteiger partial charge in [0.1, 0.15) is 12.6 Å². The number of rotatable bonds is 11. The lowest BCUT2D eigenvalue weighted by Crippen LogP contribution is -2.44. The number of nitrogens with one attached hydrogen (secondary N) is 2. The average molecular weight is 410 g/mol. The third-order valence-electron chi connectivity index (χ3n) is 3.80. The number of methoxy groups -OCH3 is 2. The first kappa shape index (κ1) is 23.9. The Balaban J connectivity index is 2.35. The molecular weight excluding hydrogens is 384 g/mol. The monoisotopic (exact) mass is 410 g/mol. The van der Waals surface area contributed by atoms with Gasteiger partial charge in [-0.3, -0.25) is 9.59 Å². The Morgan fingerprint density at radius 2 is 1.76 bits per heavy atom. The molecule has 0 radical (unpaired) electrons. The highest BCUT2D eigenvalue weighted by molar-refractivity contribution is 5.85. The molecular formula is C19H26N2O8. The molecule has 0 aliphatic carbocycles. The molecule has 0 aromatic heterocycles. The summed E-state index contributed by atoms with van der Waals surface area (Å²) in [6.45, 7) is -0.143. The van der Waals surface area contributed by atoms with Gasteiger partial charge in [-0.1, -0.05) is 30.3 Å². The van der Waals surface area contributed by atoms with E-state index in [1.54, 1.807) is 12.1 Å². The number of carbonyl (C=O) groups excluding carboxylic acids is 4. The van der Waals surface area contributed by atoms with Crippen molar-refractivity contribution < 1.29 is 38.5 Å². The van der Waals surface area contributed by atoms with E-state index in [1.165, 1.54) is 7.11 Å². The van der Waals surface area contributed by atoms with E-state index in [1.807, 2.05) is 18.2 Å². The van der Waals surface area contributed by atoms with Crippen molar-refractivity contribution in [2.75, 3.05) is 20.8 Å². The lowest BCUT2D eigenvalue weighted by atomic mass is 10.1. The molecule has 1 aromatic rings. The van der Waals surface area contributed by atoms with Crippen LogP contribution in [0, 0.1) is 0 Å². The molecule has 0 fully saturated rings. The zero-order chi connectivity index (χ0) is 21.6. The van der Waals surface area contributed by atoms with Crippen LogP contribution in [0.4, 0.5) is 4.79 Å². The second kappa shape index (κ2) is 13.1. The maximum atomic E-state index is 12.0. The molecule has 0 bridgehead atoms. The van der Waals surface area contributed by atoms with Crippen LogP contribution < -0.4 is 10.6 Å². The van der Waals surface area contributed by atoms with Crippen molar-refractivity contribution in [1.82, 2.24) is 10.6 Å². The molecule has 2 amide bonds. The largest absolute Gasteiger partial charge is 0.469 e. The van der Waals surface area contributed by atoms with Crippen LogP contribution in [0.1, 0.15) is 24.8 Å². The molecule has 29 heavy (non-hydrogen) atoms. The molecule has 1 rings (SSSR count). The minimum absolute atomic E-state index is 0.00869. The molecule has 0 saturated heterocycles. The van der Waals surface area contributed by atoms with Gasteiger partial charge in [-0.05, 0) is 12.0 Å². The molecule has 10 heteroatoms. The normalized spacial score (nSPS) is 12.2. The van der Waals surface area contributed by atoms with Crippen LogP contribution in [0.15, 0.2) is 30.3 Å². The molecule has 0 aliphatic rings. The van der Waals surface area contributed by atoms with Gasteiger partial charge >= 0.3 is 18.0 Å². The molecule has 3 N–H and O–H groups in total. The number of hydrogen-bond donors (Lipinski definition) is 3. The molecule has 160 valence electrons. The standard InChI is InChI=1S/C19H26N2O8/c1-27-17(24)9-8-15(18(25)28-2)21-16(23)10-14(22)11-20-19(26)29-12-13-6-4-3-5-7-13/h3-7,14-15,22H,8-12H2,1-2H3,(H,20,26)(H,21,23)/t14-,15-/m1/s1. The van der Waals surface area contributed by atoms with Gasteiger partial charge in [0.25, 0.3) is 0 Å². The summed E-state index contributed by atoms with van der Waals surface area (Å²) in [7, 11) is 2.36. The van der Waals surface area contributed by atoms with E-state index >= 15 is 0 Å². The Bertz CT molecular complexity index is 680. The minimum Gasteiger partial charge on any atom is -0.469 e. The molecule has 0 unspecified atom stereocenters. The first-order valence-corrected chi connectivity index (χ1v) is 8.92. The third-order valence-corrected chi connectivity index (χ3v) is 3.80. The summed E-state index contributed by atoms with van der Waals surface area (Å²) in [5, 5.41) is 14.6. The number of benzene rings is 1. The van der Waals surface area contributed by atoms with Crippen molar-refractivity contribution in [3.63, 3.8) is 0 Å². The quantitative estimate of drug-likeness (QED) is 0.349. The summed E-state index contributed by atoms with van der Waals surface area (Å²) in [6, 6.07) is 8.00. The van der Waals surface area contributed by atoms with Gasteiger partial charge in [-0.15, -0.1) is 0 Å². The summed E-state index contributed by atoms with van der Waals surface area (Å²) in [4.78, 5) is 46.6. The molecule has 2 atom stereocenters. The fourth-order valence-electron chi connectivity index (χ4n) is 2.27. The number of aliphatic hydroxyl groups is 1. The highest BCUT2D eigenvalue weighted by Crippen LogP contribution is 2.03. The number of alkyl carbamates (subject to hydrolysis) is 1. The Labute approximate surface area is 168 Å². The maximum Gasteiger partial charge on any atom is 0.407 e. The molecule has 0 spiro atoms. The fourth-order valence-corrected chi connectivity index (χ4v) is 2.27. The van der Waals surface area contributed by atoms with Gasteiger partial charge in [-0.2, -0.15) is 0 Å². The van der Waals surface area contributed by atoms with Crippen molar-refractivity contribution in [2.45, 2.75) is 38.0 Å². The van der Waals surface area contributed by atoms with E-state index in [-0.39, 0.29) is 32.4 Å². The second-order valence-electron chi connectivity index (χ2n) is 6.06. The van der Waals surface area contributed by atoms with Crippen molar-refractivity contribution in [3.05, 3.63) is 35.9 Å². The van der Waals surface area contributed by atoms with Crippen LogP contribution in [-0.2, 0) is 35.2 Å². The number of esters is 2. The zero-order valence-corrected chi connectivity index (χ0v) is 16.4. The van der Waals surface area contributed by atoms with Crippen LogP contribution in [0.5, 0.6) is 0 Å². The first-order chi connectivity index (χ1) is 13.8. The number of ether oxygens (including phenoxy) is 3. The zero-order valence-electron chi connectivity index (χ0n) is 16.4. The Morgan fingerprint density at radius 1 is 1.07 bits per heavy atom. The minimum atomic E-state index is -1.20. The van der Waals surface area contributed by atoms with Gasteiger partial charge in [0.15, 0.2) is 0 Å². The summed E-state index contributed by atoms with van der Waals surface area (Å²) in [5.41, 5.74) is 0.809. The number of carbonyl (C=O) groups is 4. The Hall–Kier alpha value is -3.14.